The summed E-state index contributed by atoms with van der Waals surface area (Å²) in [5.74, 6) is 1.45. The minimum Gasteiger partial charge on any atom is -0.494 e. The van der Waals surface area contributed by atoms with E-state index in [9.17, 15) is 0 Å². The van der Waals surface area contributed by atoms with Crippen molar-refractivity contribution < 1.29 is 9.84 Å². The second-order valence-corrected chi connectivity index (χ2v) is 6.06. The Bertz CT molecular complexity index is 578. The molecule has 0 aliphatic carbocycles. The van der Waals surface area contributed by atoms with Crippen LogP contribution in [0.25, 0.3) is 11.4 Å². The molecule has 0 amide bonds. The summed E-state index contributed by atoms with van der Waals surface area (Å²) in [5.41, 5.74) is 1.02. The molecular weight excluding hydrogens is 280 g/mol. The van der Waals surface area contributed by atoms with Gasteiger partial charge in [-0.3, -0.25) is 0 Å². The zero-order valence-electron chi connectivity index (χ0n) is 13.5. The molecule has 1 aromatic carbocycles. The van der Waals surface area contributed by atoms with Gasteiger partial charge >= 0.3 is 0 Å². The predicted octanol–water partition coefficient (Wildman–Crippen LogP) is 2.54. The minimum atomic E-state index is 0.0945. The predicted molar refractivity (Wildman–Crippen MR) is 84.5 cm³/mol. The van der Waals surface area contributed by atoms with Gasteiger partial charge in [0.2, 0.25) is 5.82 Å². The van der Waals surface area contributed by atoms with Gasteiger partial charge in [0.15, 0.2) is 0 Å². The van der Waals surface area contributed by atoms with E-state index in [1.807, 2.05) is 31.2 Å². The molecule has 22 heavy (non-hydrogen) atoms. The summed E-state index contributed by atoms with van der Waals surface area (Å²) in [5, 5.41) is 21.3. The lowest BCUT2D eigenvalue weighted by Gasteiger charge is -2.23. The number of benzene rings is 1. The van der Waals surface area contributed by atoms with E-state index in [4.69, 9.17) is 9.84 Å². The van der Waals surface area contributed by atoms with Gasteiger partial charge in [-0.2, -0.15) is 4.80 Å². The molecule has 120 valence electrons. The summed E-state index contributed by atoms with van der Waals surface area (Å²) < 4.78 is 5.76. The Balaban J connectivity index is 1.89. The highest BCUT2D eigenvalue weighted by molar-refractivity contribution is 5.55. The van der Waals surface area contributed by atoms with E-state index >= 15 is 0 Å². The minimum absolute atomic E-state index is 0.0945. The van der Waals surface area contributed by atoms with Crippen molar-refractivity contribution in [3.05, 3.63) is 24.3 Å². The Labute approximate surface area is 131 Å². The summed E-state index contributed by atoms with van der Waals surface area (Å²) >= 11 is 0. The average molecular weight is 304 g/mol. The van der Waals surface area contributed by atoms with Crippen molar-refractivity contribution in [2.75, 3.05) is 13.2 Å². The molecule has 1 heterocycles. The van der Waals surface area contributed by atoms with Crippen molar-refractivity contribution in [3.8, 4) is 17.1 Å². The monoisotopic (exact) mass is 304 g/mol. The first-order chi connectivity index (χ1) is 10.5. The van der Waals surface area contributed by atoms with E-state index in [1.54, 1.807) is 4.80 Å². The van der Waals surface area contributed by atoms with Crippen LogP contribution in [0.2, 0.25) is 0 Å². The molecule has 6 heteroatoms. The van der Waals surface area contributed by atoms with Gasteiger partial charge < -0.3 is 9.84 Å². The lowest BCUT2D eigenvalue weighted by atomic mass is 9.86. The van der Waals surface area contributed by atoms with Crippen LogP contribution in [0.4, 0.5) is 0 Å². The van der Waals surface area contributed by atoms with E-state index < -0.39 is 0 Å². The summed E-state index contributed by atoms with van der Waals surface area (Å²) in [4.78, 5) is 1.56. The van der Waals surface area contributed by atoms with Gasteiger partial charge in [0, 0.05) is 12.2 Å². The fourth-order valence-electron chi connectivity index (χ4n) is 2.07. The van der Waals surface area contributed by atoms with Crippen LogP contribution < -0.4 is 4.74 Å². The van der Waals surface area contributed by atoms with Crippen LogP contribution in [0, 0.1) is 5.41 Å². The number of tetrazole rings is 1. The molecule has 1 N–H and O–H groups in total. The number of rotatable bonds is 8. The van der Waals surface area contributed by atoms with Gasteiger partial charge in [-0.1, -0.05) is 13.8 Å². The Hall–Kier alpha value is -1.95. The molecular formula is C16H24N4O2. The second kappa shape index (κ2) is 7.35. The number of aliphatic hydroxyl groups is 1. The van der Waals surface area contributed by atoms with Crippen molar-refractivity contribution >= 4 is 0 Å². The maximum Gasteiger partial charge on any atom is 0.204 e. The third-order valence-electron chi connectivity index (χ3n) is 3.68. The zero-order valence-corrected chi connectivity index (χ0v) is 13.5. The number of hydrogen-bond acceptors (Lipinski definition) is 5. The largest absolute Gasteiger partial charge is 0.494 e. The molecule has 0 radical (unpaired) electrons. The molecule has 0 atom stereocenters. The number of hydrogen-bond donors (Lipinski definition) is 1. The van der Waals surface area contributed by atoms with E-state index in [0.29, 0.717) is 19.0 Å². The number of ether oxygens (including phenoxy) is 1. The molecule has 0 aliphatic rings. The highest BCUT2D eigenvalue weighted by atomic mass is 16.5. The molecule has 0 unspecified atom stereocenters. The van der Waals surface area contributed by atoms with Crippen molar-refractivity contribution in [2.24, 2.45) is 5.41 Å². The molecule has 0 spiro atoms. The van der Waals surface area contributed by atoms with Gasteiger partial charge in [0.1, 0.15) is 5.75 Å². The second-order valence-electron chi connectivity index (χ2n) is 6.06. The van der Waals surface area contributed by atoms with E-state index in [0.717, 1.165) is 24.2 Å². The molecule has 6 nitrogen and oxygen atoms in total. The quantitative estimate of drug-likeness (QED) is 0.811. The van der Waals surface area contributed by atoms with Crippen LogP contribution in [0.1, 0.15) is 33.6 Å². The lowest BCUT2D eigenvalue weighted by Crippen LogP contribution is -2.17. The smallest absolute Gasteiger partial charge is 0.204 e. The molecule has 2 aromatic rings. The standard InChI is InChI=1S/C16H24N4O2/c1-4-20-18-15(17-19-20)13-5-7-14(8-6-13)22-12-10-16(2,3)9-11-21/h5-8,21H,4,9-12H2,1-3H3. The first-order valence-corrected chi connectivity index (χ1v) is 7.66. The van der Waals surface area contributed by atoms with Crippen molar-refractivity contribution in [3.63, 3.8) is 0 Å². The summed E-state index contributed by atoms with van der Waals surface area (Å²) in [6.07, 6.45) is 1.69. The van der Waals surface area contributed by atoms with Gasteiger partial charge in [-0.25, -0.2) is 0 Å². The summed E-state index contributed by atoms with van der Waals surface area (Å²) in [6.45, 7) is 7.80. The Kier molecular flexibility index (Phi) is 5.49. The van der Waals surface area contributed by atoms with Crippen molar-refractivity contribution in [1.82, 2.24) is 20.2 Å². The highest BCUT2D eigenvalue weighted by Crippen LogP contribution is 2.25. The maximum atomic E-state index is 9.02. The first-order valence-electron chi connectivity index (χ1n) is 7.66. The van der Waals surface area contributed by atoms with Crippen LogP contribution >= 0.6 is 0 Å². The molecule has 1 aromatic heterocycles. The summed E-state index contributed by atoms with van der Waals surface area (Å²) in [7, 11) is 0. The number of aliphatic hydroxyl groups excluding tert-OH is 1. The fourth-order valence-corrected chi connectivity index (χ4v) is 2.07. The number of nitrogens with zero attached hydrogens (tertiary/aromatic N) is 4. The van der Waals surface area contributed by atoms with Gasteiger partial charge in [-0.05, 0) is 54.7 Å². The van der Waals surface area contributed by atoms with E-state index in [2.05, 4.69) is 29.3 Å². The van der Waals surface area contributed by atoms with Crippen LogP contribution in [-0.2, 0) is 6.54 Å². The molecule has 0 bridgehead atoms. The third kappa shape index (κ3) is 4.53. The Morgan fingerprint density at radius 3 is 2.50 bits per heavy atom. The van der Waals surface area contributed by atoms with Crippen molar-refractivity contribution in [1.29, 1.82) is 0 Å². The fraction of sp³-hybridized carbons (Fsp3) is 0.562. The van der Waals surface area contributed by atoms with Crippen LogP contribution in [0.3, 0.4) is 0 Å². The Morgan fingerprint density at radius 2 is 1.91 bits per heavy atom. The molecule has 0 saturated carbocycles. The molecule has 0 aliphatic heterocycles. The van der Waals surface area contributed by atoms with Crippen molar-refractivity contribution in [2.45, 2.75) is 40.2 Å². The van der Waals surface area contributed by atoms with Crippen LogP contribution in [-0.4, -0.2) is 38.5 Å². The lowest BCUT2D eigenvalue weighted by molar-refractivity contribution is 0.172. The molecule has 2 rings (SSSR count). The van der Waals surface area contributed by atoms with Crippen LogP contribution in [0.15, 0.2) is 24.3 Å². The van der Waals surface area contributed by atoms with E-state index in [-0.39, 0.29) is 12.0 Å². The zero-order chi connectivity index (χ0) is 16.0. The summed E-state index contributed by atoms with van der Waals surface area (Å²) in [6, 6.07) is 7.71. The van der Waals surface area contributed by atoms with Gasteiger partial charge in [0.05, 0.1) is 13.2 Å². The maximum absolute atomic E-state index is 9.02. The van der Waals surface area contributed by atoms with Gasteiger partial charge in [0.25, 0.3) is 0 Å². The topological polar surface area (TPSA) is 73.1 Å². The normalized spacial score (nSPS) is 11.6. The molecule has 0 fully saturated rings. The average Bonchev–Trinajstić information content (AvgIpc) is 2.96. The molecule has 0 saturated heterocycles. The number of aromatic nitrogens is 4. The Morgan fingerprint density at radius 1 is 1.18 bits per heavy atom. The van der Waals surface area contributed by atoms with Crippen LogP contribution in [0.5, 0.6) is 5.75 Å². The SMILES string of the molecule is CCn1nnc(-c2ccc(OCCC(C)(C)CCO)cc2)n1. The van der Waals surface area contributed by atoms with E-state index in [1.165, 1.54) is 0 Å². The third-order valence-corrected chi connectivity index (χ3v) is 3.68. The van der Waals surface area contributed by atoms with Gasteiger partial charge in [-0.15, -0.1) is 10.2 Å². The highest BCUT2D eigenvalue weighted by Gasteiger charge is 2.17. The number of aryl methyl sites for hydroxylation is 1. The first kappa shape index (κ1) is 16.4.